The average molecular weight is 383 g/mol. The van der Waals surface area contributed by atoms with Crippen LogP contribution >= 0.6 is 12.4 Å². The maximum atomic E-state index is 12.6. The Morgan fingerprint density at radius 1 is 1.38 bits per heavy atom. The number of methoxy groups -OCH3 is 1. The van der Waals surface area contributed by atoms with E-state index in [2.05, 4.69) is 29.7 Å². The fraction of sp³-hybridized carbons (Fsp3) is 0.650. The summed E-state index contributed by atoms with van der Waals surface area (Å²) in [6.45, 7) is 8.09. The van der Waals surface area contributed by atoms with E-state index in [9.17, 15) is 4.79 Å². The van der Waals surface area contributed by atoms with Gasteiger partial charge in [-0.25, -0.2) is 0 Å². The molecule has 1 aromatic rings. The highest BCUT2D eigenvalue weighted by Crippen LogP contribution is 2.40. The van der Waals surface area contributed by atoms with Gasteiger partial charge >= 0.3 is 0 Å². The molecule has 1 aromatic carbocycles. The van der Waals surface area contributed by atoms with Crippen molar-refractivity contribution >= 4 is 18.3 Å². The molecule has 26 heavy (non-hydrogen) atoms. The predicted octanol–water partition coefficient (Wildman–Crippen LogP) is 2.45. The Bertz CT molecular complexity index is 613. The minimum atomic E-state index is -0.122. The highest BCUT2D eigenvalue weighted by atomic mass is 35.5. The third-order valence-electron chi connectivity index (χ3n) is 5.91. The van der Waals surface area contributed by atoms with Gasteiger partial charge in [0.15, 0.2) is 0 Å². The highest BCUT2D eigenvalue weighted by Gasteiger charge is 2.38. The van der Waals surface area contributed by atoms with Gasteiger partial charge in [-0.1, -0.05) is 24.6 Å². The second-order valence-electron chi connectivity index (χ2n) is 7.52. The lowest BCUT2D eigenvalue weighted by atomic mass is 9.73. The van der Waals surface area contributed by atoms with Crippen LogP contribution < -0.4 is 15.4 Å². The minimum Gasteiger partial charge on any atom is -0.496 e. The summed E-state index contributed by atoms with van der Waals surface area (Å²) in [5.41, 5.74) is 2.28. The Morgan fingerprint density at radius 2 is 2.08 bits per heavy atom. The summed E-state index contributed by atoms with van der Waals surface area (Å²) in [4.78, 5) is 12.6. The van der Waals surface area contributed by atoms with E-state index >= 15 is 0 Å². The molecule has 0 aromatic heterocycles. The maximum Gasteiger partial charge on any atom is 0.223 e. The minimum absolute atomic E-state index is 0. The number of amides is 1. The lowest BCUT2D eigenvalue weighted by molar-refractivity contribution is -0.127. The SMILES string of the molecule is COc1ccc(C)cc1C1(CNC(=O)C(C)C2CNC2)CCOCC1.Cl. The molecule has 1 atom stereocenters. The summed E-state index contributed by atoms with van der Waals surface area (Å²) in [5.74, 6) is 1.57. The summed E-state index contributed by atoms with van der Waals surface area (Å²) in [7, 11) is 1.71. The fourth-order valence-electron chi connectivity index (χ4n) is 3.84. The molecule has 0 aliphatic carbocycles. The molecule has 0 radical (unpaired) electrons. The van der Waals surface area contributed by atoms with Crippen LogP contribution in [0.1, 0.15) is 30.9 Å². The summed E-state index contributed by atoms with van der Waals surface area (Å²) < 4.78 is 11.2. The topological polar surface area (TPSA) is 59.6 Å². The molecule has 2 saturated heterocycles. The Hall–Kier alpha value is -1.30. The molecule has 3 rings (SSSR count). The van der Waals surface area contributed by atoms with Crippen LogP contribution in [0, 0.1) is 18.8 Å². The van der Waals surface area contributed by atoms with Crippen LogP contribution in [0.15, 0.2) is 18.2 Å². The van der Waals surface area contributed by atoms with Gasteiger partial charge in [0.2, 0.25) is 5.91 Å². The van der Waals surface area contributed by atoms with Crippen LogP contribution in [-0.4, -0.2) is 45.9 Å². The van der Waals surface area contributed by atoms with E-state index in [4.69, 9.17) is 9.47 Å². The Morgan fingerprint density at radius 3 is 2.65 bits per heavy atom. The van der Waals surface area contributed by atoms with Gasteiger partial charge in [-0.15, -0.1) is 12.4 Å². The van der Waals surface area contributed by atoms with Crippen molar-refractivity contribution in [1.29, 1.82) is 0 Å². The molecule has 2 aliphatic heterocycles. The van der Waals surface area contributed by atoms with Crippen molar-refractivity contribution in [3.63, 3.8) is 0 Å². The molecule has 146 valence electrons. The zero-order chi connectivity index (χ0) is 17.9. The smallest absolute Gasteiger partial charge is 0.223 e. The molecule has 0 bridgehead atoms. The predicted molar refractivity (Wildman–Crippen MR) is 105 cm³/mol. The van der Waals surface area contributed by atoms with Gasteiger partial charge in [-0.3, -0.25) is 4.79 Å². The molecule has 0 spiro atoms. The van der Waals surface area contributed by atoms with E-state index in [-0.39, 0.29) is 29.6 Å². The van der Waals surface area contributed by atoms with Gasteiger partial charge in [-0.05, 0) is 44.8 Å². The summed E-state index contributed by atoms with van der Waals surface area (Å²) in [6.07, 6.45) is 1.79. The molecule has 6 heteroatoms. The molecule has 2 aliphatic rings. The second-order valence-corrected chi connectivity index (χ2v) is 7.52. The monoisotopic (exact) mass is 382 g/mol. The van der Waals surface area contributed by atoms with E-state index in [0.717, 1.165) is 44.9 Å². The van der Waals surface area contributed by atoms with Gasteiger partial charge in [0.1, 0.15) is 5.75 Å². The number of carbonyl (C=O) groups excluding carboxylic acids is 1. The van der Waals surface area contributed by atoms with Gasteiger partial charge in [-0.2, -0.15) is 0 Å². The van der Waals surface area contributed by atoms with Crippen molar-refractivity contribution in [3.05, 3.63) is 29.3 Å². The molecule has 2 N–H and O–H groups in total. The van der Waals surface area contributed by atoms with Crippen LogP contribution in [0.3, 0.4) is 0 Å². The van der Waals surface area contributed by atoms with Crippen molar-refractivity contribution in [3.8, 4) is 5.75 Å². The molecule has 1 unspecified atom stereocenters. The summed E-state index contributed by atoms with van der Waals surface area (Å²) >= 11 is 0. The van der Waals surface area contributed by atoms with E-state index in [1.807, 2.05) is 13.0 Å². The molecular formula is C20H31ClN2O3. The highest BCUT2D eigenvalue weighted by molar-refractivity contribution is 5.85. The third-order valence-corrected chi connectivity index (χ3v) is 5.91. The van der Waals surface area contributed by atoms with E-state index < -0.39 is 0 Å². The molecule has 5 nitrogen and oxygen atoms in total. The fourth-order valence-corrected chi connectivity index (χ4v) is 3.84. The number of nitrogens with one attached hydrogen (secondary N) is 2. The first-order valence-electron chi connectivity index (χ1n) is 9.27. The summed E-state index contributed by atoms with van der Waals surface area (Å²) in [5, 5.41) is 6.48. The Balaban J connectivity index is 0.00000243. The van der Waals surface area contributed by atoms with Gasteiger partial charge in [0.25, 0.3) is 0 Å². The van der Waals surface area contributed by atoms with Crippen molar-refractivity contribution in [2.75, 3.05) is 40.0 Å². The number of carbonyl (C=O) groups is 1. The van der Waals surface area contributed by atoms with E-state index in [1.165, 1.54) is 11.1 Å². The Labute approximate surface area is 162 Å². The summed E-state index contributed by atoms with van der Waals surface area (Å²) in [6, 6.07) is 6.31. The van der Waals surface area contributed by atoms with Gasteiger partial charge < -0.3 is 20.1 Å². The van der Waals surface area contributed by atoms with Crippen molar-refractivity contribution in [2.24, 2.45) is 11.8 Å². The van der Waals surface area contributed by atoms with E-state index in [1.54, 1.807) is 7.11 Å². The molecule has 2 heterocycles. The lowest BCUT2D eigenvalue weighted by Crippen LogP contribution is -2.52. The number of hydrogen-bond acceptors (Lipinski definition) is 4. The van der Waals surface area contributed by atoms with Crippen molar-refractivity contribution in [2.45, 2.75) is 32.1 Å². The number of aryl methyl sites for hydroxylation is 1. The number of hydrogen-bond donors (Lipinski definition) is 2. The molecule has 1 amide bonds. The number of halogens is 1. The van der Waals surface area contributed by atoms with Crippen LogP contribution in [0.4, 0.5) is 0 Å². The number of benzene rings is 1. The van der Waals surface area contributed by atoms with Crippen LogP contribution in [0.25, 0.3) is 0 Å². The van der Waals surface area contributed by atoms with Crippen LogP contribution in [0.2, 0.25) is 0 Å². The number of ether oxygens (including phenoxy) is 2. The van der Waals surface area contributed by atoms with Crippen molar-refractivity contribution in [1.82, 2.24) is 10.6 Å². The first-order chi connectivity index (χ1) is 12.1. The average Bonchev–Trinajstić information content (AvgIpc) is 2.59. The molecule has 2 fully saturated rings. The standard InChI is InChI=1S/C20H30N2O3.ClH/c1-14-4-5-18(24-3)17(10-14)20(6-8-25-9-7-20)13-22-19(23)15(2)16-11-21-12-16;/h4-5,10,15-16,21H,6-9,11-13H2,1-3H3,(H,22,23);1H. The lowest BCUT2D eigenvalue weighted by Gasteiger charge is -2.39. The quantitative estimate of drug-likeness (QED) is 0.793. The Kier molecular flexibility index (Phi) is 7.33. The van der Waals surface area contributed by atoms with Crippen molar-refractivity contribution < 1.29 is 14.3 Å². The second kappa shape index (κ2) is 9.07. The molecule has 0 saturated carbocycles. The third kappa shape index (κ3) is 4.33. The van der Waals surface area contributed by atoms with Gasteiger partial charge in [0, 0.05) is 36.7 Å². The zero-order valence-electron chi connectivity index (χ0n) is 16.0. The van der Waals surface area contributed by atoms with E-state index in [0.29, 0.717) is 12.5 Å². The first-order valence-corrected chi connectivity index (χ1v) is 9.27. The first kappa shape index (κ1) is 21.0. The van der Waals surface area contributed by atoms with Gasteiger partial charge in [0.05, 0.1) is 7.11 Å². The maximum absolute atomic E-state index is 12.6. The van der Waals surface area contributed by atoms with Crippen LogP contribution in [-0.2, 0) is 14.9 Å². The van der Waals surface area contributed by atoms with Crippen LogP contribution in [0.5, 0.6) is 5.75 Å². The largest absolute Gasteiger partial charge is 0.496 e. The molecular weight excluding hydrogens is 352 g/mol. The zero-order valence-corrected chi connectivity index (χ0v) is 16.8. The number of rotatable bonds is 6. The normalized spacial score (nSPS) is 20.4.